The van der Waals surface area contributed by atoms with E-state index in [1.54, 1.807) is 12.1 Å². The molecule has 2 aliphatic heterocycles. The van der Waals surface area contributed by atoms with Gasteiger partial charge in [0.1, 0.15) is 0 Å². The van der Waals surface area contributed by atoms with E-state index in [1.807, 2.05) is 6.20 Å². The second kappa shape index (κ2) is 6.73. The highest BCUT2D eigenvalue weighted by Gasteiger charge is 2.21. The molecule has 4 heterocycles. The Balaban J connectivity index is 1.49. The second-order valence-electron chi connectivity index (χ2n) is 6.37. The summed E-state index contributed by atoms with van der Waals surface area (Å²) in [5.41, 5.74) is 3.92. The van der Waals surface area contributed by atoms with Crippen molar-refractivity contribution in [2.75, 3.05) is 13.1 Å². The van der Waals surface area contributed by atoms with E-state index in [0.717, 1.165) is 61.7 Å². The molecule has 24 heavy (non-hydrogen) atoms. The molecule has 0 fully saturated rings. The summed E-state index contributed by atoms with van der Waals surface area (Å²) in [6, 6.07) is 3.56. The van der Waals surface area contributed by atoms with E-state index in [4.69, 9.17) is 4.98 Å². The number of fused-ring (bicyclic) bond motifs is 1. The summed E-state index contributed by atoms with van der Waals surface area (Å²) < 4.78 is 13.7. The largest absolute Gasteiger partial charge is 0.294 e. The molecule has 6 heteroatoms. The van der Waals surface area contributed by atoms with Crippen LogP contribution in [0.4, 0.5) is 4.39 Å². The lowest BCUT2D eigenvalue weighted by molar-refractivity contribution is 0.238. The quantitative estimate of drug-likeness (QED) is 0.814. The van der Waals surface area contributed by atoms with Gasteiger partial charge in [-0.05, 0) is 25.3 Å². The van der Waals surface area contributed by atoms with E-state index < -0.39 is 0 Å². The molecule has 0 aliphatic carbocycles. The van der Waals surface area contributed by atoms with E-state index in [0.29, 0.717) is 12.1 Å². The third kappa shape index (κ3) is 3.19. The number of nitrogens with zero attached hydrogens (tertiary/aromatic N) is 5. The first kappa shape index (κ1) is 15.3. The summed E-state index contributed by atoms with van der Waals surface area (Å²) in [6.07, 6.45) is 7.57. The van der Waals surface area contributed by atoms with Crippen molar-refractivity contribution in [1.82, 2.24) is 19.9 Å². The van der Waals surface area contributed by atoms with Gasteiger partial charge in [0.05, 0.1) is 11.4 Å². The van der Waals surface area contributed by atoms with Crippen LogP contribution >= 0.6 is 0 Å². The Hall–Kier alpha value is -2.21. The lowest BCUT2D eigenvalue weighted by Gasteiger charge is -2.28. The number of hydrogen-bond acceptors (Lipinski definition) is 5. The fourth-order valence-corrected chi connectivity index (χ4v) is 3.31. The van der Waals surface area contributed by atoms with E-state index in [-0.39, 0.29) is 5.95 Å². The van der Waals surface area contributed by atoms with Crippen molar-refractivity contribution in [3.05, 3.63) is 53.1 Å². The van der Waals surface area contributed by atoms with Crippen LogP contribution in [0.1, 0.15) is 41.9 Å². The summed E-state index contributed by atoms with van der Waals surface area (Å²) in [6.45, 7) is 3.06. The van der Waals surface area contributed by atoms with Gasteiger partial charge in [0.25, 0.3) is 0 Å². The Labute approximate surface area is 140 Å². The summed E-state index contributed by atoms with van der Waals surface area (Å²) in [4.78, 5) is 19.8. The van der Waals surface area contributed by atoms with Crippen LogP contribution in [0.5, 0.6) is 0 Å². The number of aliphatic imine (C=N–C) groups is 1. The predicted octanol–water partition coefficient (Wildman–Crippen LogP) is 2.54. The van der Waals surface area contributed by atoms with Crippen molar-refractivity contribution in [3.8, 4) is 0 Å². The van der Waals surface area contributed by atoms with Crippen LogP contribution in [-0.2, 0) is 19.5 Å². The SMILES string of the molecule is Fc1ncccc1CN1CCc2nc(C3=NCCCC3)ncc2C1. The van der Waals surface area contributed by atoms with Gasteiger partial charge in [0.15, 0.2) is 5.82 Å². The van der Waals surface area contributed by atoms with Gasteiger partial charge in [-0.2, -0.15) is 4.39 Å². The fraction of sp³-hybridized carbons (Fsp3) is 0.444. The zero-order valence-electron chi connectivity index (χ0n) is 13.6. The van der Waals surface area contributed by atoms with Crippen molar-refractivity contribution < 1.29 is 4.39 Å². The molecule has 0 unspecified atom stereocenters. The van der Waals surface area contributed by atoms with Crippen LogP contribution < -0.4 is 0 Å². The normalized spacial score (nSPS) is 18.1. The van der Waals surface area contributed by atoms with Crippen LogP contribution in [0.25, 0.3) is 0 Å². The Bertz CT molecular complexity index is 774. The molecule has 0 bridgehead atoms. The Morgan fingerprint density at radius 1 is 1.17 bits per heavy atom. The lowest BCUT2D eigenvalue weighted by atomic mass is 10.0. The highest BCUT2D eigenvalue weighted by Crippen LogP contribution is 2.20. The first-order valence-electron chi connectivity index (χ1n) is 8.50. The van der Waals surface area contributed by atoms with Crippen LogP contribution in [0.3, 0.4) is 0 Å². The van der Waals surface area contributed by atoms with Gasteiger partial charge in [-0.3, -0.25) is 9.89 Å². The van der Waals surface area contributed by atoms with Gasteiger partial charge in [0, 0.05) is 56.1 Å². The number of halogens is 1. The molecule has 0 saturated carbocycles. The van der Waals surface area contributed by atoms with Crippen LogP contribution in [0.15, 0.2) is 29.5 Å². The van der Waals surface area contributed by atoms with Gasteiger partial charge >= 0.3 is 0 Å². The molecule has 2 aromatic rings. The van der Waals surface area contributed by atoms with Crippen LogP contribution in [0, 0.1) is 5.95 Å². The molecular formula is C18H20FN5. The highest BCUT2D eigenvalue weighted by atomic mass is 19.1. The number of rotatable bonds is 3. The molecule has 0 aromatic carbocycles. The number of pyridine rings is 1. The molecule has 0 N–H and O–H groups in total. The van der Waals surface area contributed by atoms with Gasteiger partial charge in [-0.1, -0.05) is 6.07 Å². The molecule has 0 atom stereocenters. The van der Waals surface area contributed by atoms with Crippen molar-refractivity contribution in [1.29, 1.82) is 0 Å². The Morgan fingerprint density at radius 3 is 2.96 bits per heavy atom. The minimum absolute atomic E-state index is 0.384. The first-order chi connectivity index (χ1) is 11.8. The van der Waals surface area contributed by atoms with E-state index in [9.17, 15) is 4.39 Å². The zero-order valence-corrected chi connectivity index (χ0v) is 13.6. The van der Waals surface area contributed by atoms with Gasteiger partial charge < -0.3 is 0 Å². The molecular weight excluding hydrogens is 305 g/mol. The van der Waals surface area contributed by atoms with Crippen molar-refractivity contribution in [3.63, 3.8) is 0 Å². The molecule has 2 aromatic heterocycles. The Kier molecular flexibility index (Phi) is 4.30. The van der Waals surface area contributed by atoms with Gasteiger partial charge in [0.2, 0.25) is 5.95 Å². The van der Waals surface area contributed by atoms with E-state index in [2.05, 4.69) is 19.9 Å². The molecule has 0 spiro atoms. The van der Waals surface area contributed by atoms with Gasteiger partial charge in [-0.15, -0.1) is 0 Å². The van der Waals surface area contributed by atoms with Crippen molar-refractivity contribution in [2.24, 2.45) is 4.99 Å². The van der Waals surface area contributed by atoms with Crippen LogP contribution in [0.2, 0.25) is 0 Å². The number of aromatic nitrogens is 3. The minimum Gasteiger partial charge on any atom is -0.294 e. The summed E-state index contributed by atoms with van der Waals surface area (Å²) >= 11 is 0. The Morgan fingerprint density at radius 2 is 2.12 bits per heavy atom. The second-order valence-corrected chi connectivity index (χ2v) is 6.37. The highest BCUT2D eigenvalue weighted by molar-refractivity contribution is 5.97. The molecule has 0 amide bonds. The lowest BCUT2D eigenvalue weighted by Crippen LogP contribution is -2.31. The van der Waals surface area contributed by atoms with Crippen molar-refractivity contribution in [2.45, 2.75) is 38.8 Å². The molecule has 4 rings (SSSR count). The van der Waals surface area contributed by atoms with Crippen LogP contribution in [-0.4, -0.2) is 38.7 Å². The first-order valence-corrected chi connectivity index (χ1v) is 8.50. The molecule has 124 valence electrons. The monoisotopic (exact) mass is 325 g/mol. The summed E-state index contributed by atoms with van der Waals surface area (Å²) in [7, 11) is 0. The maximum absolute atomic E-state index is 13.7. The summed E-state index contributed by atoms with van der Waals surface area (Å²) in [5, 5.41) is 0. The minimum atomic E-state index is -0.384. The van der Waals surface area contributed by atoms with Gasteiger partial charge in [-0.25, -0.2) is 15.0 Å². The van der Waals surface area contributed by atoms with Crippen molar-refractivity contribution >= 4 is 5.71 Å². The van der Waals surface area contributed by atoms with E-state index >= 15 is 0 Å². The summed E-state index contributed by atoms with van der Waals surface area (Å²) in [5.74, 6) is 0.408. The smallest absolute Gasteiger partial charge is 0.217 e. The predicted molar refractivity (Wildman–Crippen MR) is 89.3 cm³/mol. The molecule has 5 nitrogen and oxygen atoms in total. The number of hydrogen-bond donors (Lipinski definition) is 0. The average Bonchev–Trinajstić information content (AvgIpc) is 2.64. The van der Waals surface area contributed by atoms with E-state index in [1.165, 1.54) is 12.6 Å². The third-order valence-electron chi connectivity index (χ3n) is 4.63. The molecule has 0 saturated heterocycles. The maximum atomic E-state index is 13.7. The topological polar surface area (TPSA) is 54.3 Å². The standard InChI is InChI=1S/C18H20FN5/c19-17-13(4-3-8-21-17)11-24-9-6-15-14(12-24)10-22-18(23-15)16-5-1-2-7-20-16/h3-4,8,10H,1-2,5-7,9,11-12H2. The average molecular weight is 325 g/mol. The molecule has 0 radical (unpaired) electrons. The maximum Gasteiger partial charge on any atom is 0.217 e. The zero-order chi connectivity index (χ0) is 16.4. The third-order valence-corrected chi connectivity index (χ3v) is 4.63. The molecule has 2 aliphatic rings. The fourth-order valence-electron chi connectivity index (χ4n) is 3.31.